The van der Waals surface area contributed by atoms with E-state index in [9.17, 15) is 4.79 Å². The topological polar surface area (TPSA) is 44.4 Å². The largest absolute Gasteiger partial charge is 0.362 e. The second-order valence-electron chi connectivity index (χ2n) is 5.04. The van der Waals surface area contributed by atoms with Crippen LogP contribution < -0.4 is 15.5 Å². The molecule has 1 rings (SSSR count). The van der Waals surface area contributed by atoms with Crippen LogP contribution in [0.2, 0.25) is 5.02 Å². The summed E-state index contributed by atoms with van der Waals surface area (Å²) < 4.78 is 0. The Morgan fingerprint density at radius 2 is 2.10 bits per heavy atom. The molecule has 2 N–H and O–H groups in total. The number of rotatable bonds is 7. The van der Waals surface area contributed by atoms with E-state index in [1.165, 1.54) is 0 Å². The summed E-state index contributed by atoms with van der Waals surface area (Å²) in [6, 6.07) is 5.94. The van der Waals surface area contributed by atoms with Gasteiger partial charge in [-0.15, -0.1) is 0 Å². The Labute approximate surface area is 126 Å². The Morgan fingerprint density at radius 1 is 1.40 bits per heavy atom. The highest BCUT2D eigenvalue weighted by Crippen LogP contribution is 2.24. The molecule has 0 spiro atoms. The standard InChI is InChI=1S/C15H24ClN3O/c1-5-19(10-15(20)18-11(2)3)14-8-13(16)7-6-12(14)9-17-4/h6-8,11,17H,5,9-10H2,1-4H3,(H,18,20). The Kier molecular flexibility index (Phi) is 6.82. The molecular weight excluding hydrogens is 274 g/mol. The van der Waals surface area contributed by atoms with E-state index in [2.05, 4.69) is 10.6 Å². The van der Waals surface area contributed by atoms with Crippen molar-refractivity contribution < 1.29 is 4.79 Å². The van der Waals surface area contributed by atoms with Gasteiger partial charge in [0.1, 0.15) is 0 Å². The van der Waals surface area contributed by atoms with E-state index < -0.39 is 0 Å². The summed E-state index contributed by atoms with van der Waals surface area (Å²) in [5, 5.41) is 6.74. The number of halogens is 1. The van der Waals surface area contributed by atoms with E-state index in [-0.39, 0.29) is 11.9 Å². The second-order valence-corrected chi connectivity index (χ2v) is 5.48. The molecule has 0 saturated heterocycles. The van der Waals surface area contributed by atoms with Crippen molar-refractivity contribution in [1.82, 2.24) is 10.6 Å². The average molecular weight is 298 g/mol. The van der Waals surface area contributed by atoms with E-state index in [4.69, 9.17) is 11.6 Å². The molecule has 1 aromatic carbocycles. The van der Waals surface area contributed by atoms with E-state index >= 15 is 0 Å². The molecule has 0 radical (unpaired) electrons. The Balaban J connectivity index is 2.93. The lowest BCUT2D eigenvalue weighted by atomic mass is 10.1. The Hall–Kier alpha value is -1.26. The van der Waals surface area contributed by atoms with Crippen LogP contribution in [0.3, 0.4) is 0 Å². The fourth-order valence-electron chi connectivity index (χ4n) is 2.08. The molecular formula is C15H24ClN3O. The zero-order valence-electron chi connectivity index (χ0n) is 12.7. The molecule has 0 aliphatic carbocycles. The molecule has 0 unspecified atom stereocenters. The van der Waals surface area contributed by atoms with Crippen molar-refractivity contribution in [3.63, 3.8) is 0 Å². The fourth-order valence-corrected chi connectivity index (χ4v) is 2.25. The van der Waals surface area contributed by atoms with Crippen LogP contribution in [-0.2, 0) is 11.3 Å². The van der Waals surface area contributed by atoms with Gasteiger partial charge in [0.2, 0.25) is 5.91 Å². The third-order valence-corrected chi connectivity index (χ3v) is 3.16. The first-order chi connectivity index (χ1) is 9.47. The minimum atomic E-state index is 0.0252. The van der Waals surface area contributed by atoms with Crippen LogP contribution in [0.25, 0.3) is 0 Å². The number of carbonyl (C=O) groups is 1. The summed E-state index contributed by atoms with van der Waals surface area (Å²) >= 11 is 6.09. The maximum atomic E-state index is 11.9. The van der Waals surface area contributed by atoms with Gasteiger partial charge in [0.25, 0.3) is 0 Å². The third kappa shape index (κ3) is 5.02. The summed E-state index contributed by atoms with van der Waals surface area (Å²) in [6.45, 7) is 7.79. The lowest BCUT2D eigenvalue weighted by molar-refractivity contribution is -0.120. The predicted octanol–water partition coefficient (Wildman–Crippen LogP) is 2.41. The van der Waals surface area contributed by atoms with E-state index in [0.717, 1.165) is 24.3 Å². The van der Waals surface area contributed by atoms with Crippen molar-refractivity contribution in [2.45, 2.75) is 33.4 Å². The van der Waals surface area contributed by atoms with Crippen molar-refractivity contribution >= 4 is 23.2 Å². The molecule has 0 saturated carbocycles. The number of benzene rings is 1. The van der Waals surface area contributed by atoms with Crippen molar-refractivity contribution in [3.8, 4) is 0 Å². The molecule has 0 atom stereocenters. The van der Waals surface area contributed by atoms with Gasteiger partial charge >= 0.3 is 0 Å². The van der Waals surface area contributed by atoms with Gasteiger partial charge in [0, 0.05) is 29.8 Å². The SMILES string of the molecule is CCN(CC(=O)NC(C)C)c1cc(Cl)ccc1CNC. The summed E-state index contributed by atoms with van der Waals surface area (Å²) in [6.07, 6.45) is 0. The van der Waals surface area contributed by atoms with Gasteiger partial charge in [-0.1, -0.05) is 17.7 Å². The van der Waals surface area contributed by atoms with Gasteiger partial charge in [0.15, 0.2) is 0 Å². The summed E-state index contributed by atoms with van der Waals surface area (Å²) in [5.41, 5.74) is 2.14. The van der Waals surface area contributed by atoms with Crippen molar-refractivity contribution in [3.05, 3.63) is 28.8 Å². The summed E-state index contributed by atoms with van der Waals surface area (Å²) in [5.74, 6) is 0.0252. The monoisotopic (exact) mass is 297 g/mol. The van der Waals surface area contributed by atoms with Crippen molar-refractivity contribution in [2.24, 2.45) is 0 Å². The smallest absolute Gasteiger partial charge is 0.239 e. The molecule has 20 heavy (non-hydrogen) atoms. The zero-order valence-corrected chi connectivity index (χ0v) is 13.4. The first-order valence-corrected chi connectivity index (χ1v) is 7.33. The maximum absolute atomic E-state index is 11.9. The number of nitrogens with one attached hydrogen (secondary N) is 2. The lowest BCUT2D eigenvalue weighted by Crippen LogP contribution is -2.40. The molecule has 5 heteroatoms. The first-order valence-electron chi connectivity index (χ1n) is 6.95. The number of nitrogens with zero attached hydrogens (tertiary/aromatic N) is 1. The van der Waals surface area contributed by atoms with Gasteiger partial charge in [0.05, 0.1) is 6.54 Å². The van der Waals surface area contributed by atoms with Gasteiger partial charge in [-0.2, -0.15) is 0 Å². The van der Waals surface area contributed by atoms with Gasteiger partial charge in [-0.25, -0.2) is 0 Å². The van der Waals surface area contributed by atoms with Crippen LogP contribution in [0.5, 0.6) is 0 Å². The van der Waals surface area contributed by atoms with Crippen LogP contribution in [0.15, 0.2) is 18.2 Å². The number of likely N-dealkylation sites (N-methyl/N-ethyl adjacent to an activating group) is 1. The Bertz CT molecular complexity index is 449. The molecule has 0 fully saturated rings. The number of carbonyl (C=O) groups excluding carboxylic acids is 1. The van der Waals surface area contributed by atoms with Gasteiger partial charge in [-0.05, 0) is 45.5 Å². The third-order valence-electron chi connectivity index (χ3n) is 2.92. The molecule has 0 bridgehead atoms. The van der Waals surface area contributed by atoms with Gasteiger partial charge in [-0.3, -0.25) is 4.79 Å². The van der Waals surface area contributed by atoms with Crippen LogP contribution in [0.4, 0.5) is 5.69 Å². The molecule has 112 valence electrons. The van der Waals surface area contributed by atoms with Crippen LogP contribution in [0, 0.1) is 0 Å². The maximum Gasteiger partial charge on any atom is 0.239 e. The average Bonchev–Trinajstić information content (AvgIpc) is 2.37. The molecule has 0 aliphatic heterocycles. The van der Waals surface area contributed by atoms with Gasteiger partial charge < -0.3 is 15.5 Å². The van der Waals surface area contributed by atoms with Crippen LogP contribution in [0.1, 0.15) is 26.3 Å². The molecule has 4 nitrogen and oxygen atoms in total. The molecule has 1 amide bonds. The molecule has 0 aromatic heterocycles. The predicted molar refractivity (Wildman–Crippen MR) is 85.4 cm³/mol. The highest BCUT2D eigenvalue weighted by Gasteiger charge is 2.14. The van der Waals surface area contributed by atoms with E-state index in [0.29, 0.717) is 11.6 Å². The number of hydrogen-bond donors (Lipinski definition) is 2. The number of anilines is 1. The normalized spacial score (nSPS) is 10.7. The summed E-state index contributed by atoms with van der Waals surface area (Å²) in [4.78, 5) is 14.0. The van der Waals surface area contributed by atoms with Crippen LogP contribution in [-0.4, -0.2) is 32.1 Å². The number of hydrogen-bond acceptors (Lipinski definition) is 3. The quantitative estimate of drug-likeness (QED) is 0.812. The molecule has 0 heterocycles. The van der Waals surface area contributed by atoms with E-state index in [1.807, 2.05) is 50.9 Å². The Morgan fingerprint density at radius 3 is 2.65 bits per heavy atom. The number of amides is 1. The minimum Gasteiger partial charge on any atom is -0.362 e. The molecule has 1 aromatic rings. The highest BCUT2D eigenvalue weighted by atomic mass is 35.5. The molecule has 0 aliphatic rings. The van der Waals surface area contributed by atoms with Crippen molar-refractivity contribution in [2.75, 3.05) is 25.0 Å². The second kappa shape index (κ2) is 8.12. The van der Waals surface area contributed by atoms with E-state index in [1.54, 1.807) is 0 Å². The minimum absolute atomic E-state index is 0.0252. The zero-order chi connectivity index (χ0) is 15.1. The highest BCUT2D eigenvalue weighted by molar-refractivity contribution is 6.30. The first kappa shape index (κ1) is 16.8. The van der Waals surface area contributed by atoms with Crippen LogP contribution >= 0.6 is 11.6 Å². The fraction of sp³-hybridized carbons (Fsp3) is 0.533. The summed E-state index contributed by atoms with van der Waals surface area (Å²) in [7, 11) is 1.90. The lowest BCUT2D eigenvalue weighted by Gasteiger charge is -2.26. The van der Waals surface area contributed by atoms with Crippen molar-refractivity contribution in [1.29, 1.82) is 0 Å².